The van der Waals surface area contributed by atoms with Crippen LogP contribution < -0.4 is 23.9 Å². The second-order valence-corrected chi connectivity index (χ2v) is 10.6. The number of sulfonamides is 1. The van der Waals surface area contributed by atoms with E-state index in [-0.39, 0.29) is 17.4 Å². The molecule has 0 radical (unpaired) electrons. The molecule has 0 atom stereocenters. The lowest BCUT2D eigenvalue weighted by atomic mass is 10.2. The van der Waals surface area contributed by atoms with Gasteiger partial charge in [0, 0.05) is 15.1 Å². The van der Waals surface area contributed by atoms with Gasteiger partial charge in [-0.15, -0.1) is 0 Å². The quantitative estimate of drug-likeness (QED) is 0.287. The number of carbonyl (C=O) groups excluding carboxylic acids is 1. The van der Waals surface area contributed by atoms with E-state index in [0.717, 1.165) is 4.31 Å². The average molecular weight is 595 g/mol. The third kappa shape index (κ3) is 5.92. The van der Waals surface area contributed by atoms with Gasteiger partial charge in [0.2, 0.25) is 6.79 Å². The van der Waals surface area contributed by atoms with E-state index in [0.29, 0.717) is 38.9 Å². The number of hydrazone groups is 1. The second-order valence-electron chi connectivity index (χ2n) is 7.41. The van der Waals surface area contributed by atoms with Crippen molar-refractivity contribution in [1.29, 1.82) is 0 Å². The first-order valence-electron chi connectivity index (χ1n) is 10.7. The number of nitrogens with zero attached hydrogens (tertiary/aromatic N) is 2. The molecule has 1 aliphatic heterocycles. The van der Waals surface area contributed by atoms with Gasteiger partial charge in [0.25, 0.3) is 15.9 Å². The Kier molecular flexibility index (Phi) is 8.02. The van der Waals surface area contributed by atoms with E-state index in [2.05, 4.69) is 26.5 Å². The first-order chi connectivity index (χ1) is 17.3. The number of hydrogen-bond donors (Lipinski definition) is 1. The number of ether oxygens (including phenoxy) is 3. The summed E-state index contributed by atoms with van der Waals surface area (Å²) in [7, 11) is -4.10. The maximum Gasteiger partial charge on any atom is 0.264 e. The topological polar surface area (TPSA) is 107 Å². The molecule has 0 spiro atoms. The summed E-state index contributed by atoms with van der Waals surface area (Å²) in [6.45, 7) is 1.92. The van der Waals surface area contributed by atoms with Crippen LogP contribution in [-0.2, 0) is 14.8 Å². The van der Waals surface area contributed by atoms with Crippen molar-refractivity contribution in [1.82, 2.24) is 5.43 Å². The Bertz CT molecular complexity index is 1380. The molecule has 36 heavy (non-hydrogen) atoms. The van der Waals surface area contributed by atoms with Gasteiger partial charge >= 0.3 is 0 Å². The highest BCUT2D eigenvalue weighted by atomic mass is 79.9. The van der Waals surface area contributed by atoms with Crippen molar-refractivity contribution in [2.45, 2.75) is 11.8 Å². The van der Waals surface area contributed by atoms with Gasteiger partial charge < -0.3 is 14.2 Å². The zero-order chi connectivity index (χ0) is 25.7. The van der Waals surface area contributed by atoms with E-state index < -0.39 is 22.5 Å². The first kappa shape index (κ1) is 25.8. The van der Waals surface area contributed by atoms with Crippen molar-refractivity contribution < 1.29 is 27.4 Å². The van der Waals surface area contributed by atoms with Crippen molar-refractivity contribution in [2.75, 3.05) is 24.2 Å². The molecule has 9 nitrogen and oxygen atoms in total. The zero-order valence-electron chi connectivity index (χ0n) is 19.0. The van der Waals surface area contributed by atoms with Crippen LogP contribution in [0, 0.1) is 0 Å². The zero-order valence-corrected chi connectivity index (χ0v) is 22.1. The van der Waals surface area contributed by atoms with E-state index >= 15 is 0 Å². The molecule has 1 amide bonds. The van der Waals surface area contributed by atoms with Gasteiger partial charge in [0.1, 0.15) is 12.3 Å². The van der Waals surface area contributed by atoms with E-state index in [9.17, 15) is 13.2 Å². The molecule has 0 aliphatic carbocycles. The van der Waals surface area contributed by atoms with Crippen molar-refractivity contribution in [3.63, 3.8) is 0 Å². The summed E-state index contributed by atoms with van der Waals surface area (Å²) in [6, 6.07) is 15.6. The summed E-state index contributed by atoms with van der Waals surface area (Å²) in [4.78, 5) is 12.7. The highest BCUT2D eigenvalue weighted by Gasteiger charge is 2.27. The molecule has 0 fully saturated rings. The van der Waals surface area contributed by atoms with E-state index in [4.69, 9.17) is 25.8 Å². The Morgan fingerprint density at radius 1 is 1.14 bits per heavy atom. The Hall–Kier alpha value is -3.28. The van der Waals surface area contributed by atoms with Gasteiger partial charge in [-0.2, -0.15) is 5.10 Å². The van der Waals surface area contributed by atoms with E-state index in [1.807, 2.05) is 6.92 Å². The number of carbonyl (C=O) groups is 1. The number of benzene rings is 3. The molecule has 12 heteroatoms. The standard InChI is InChI=1S/C24H21BrClN3O6S/c1-2-33-19-7-5-18(6-8-19)29(36(31,32)20-9-3-17(26)4-10-20)14-24(30)28-27-13-16-11-22-23(12-21(16)25)35-15-34-22/h3-13H,2,14-15H2,1H3,(H,28,30)/b27-13-. The monoisotopic (exact) mass is 593 g/mol. The van der Waals surface area contributed by atoms with Crippen LogP contribution in [0.3, 0.4) is 0 Å². The molecule has 0 saturated carbocycles. The fraction of sp³-hybridized carbons (Fsp3) is 0.167. The summed E-state index contributed by atoms with van der Waals surface area (Å²) in [5.74, 6) is 1.09. The van der Waals surface area contributed by atoms with Gasteiger partial charge in [-0.05, 0) is 83.5 Å². The van der Waals surface area contributed by atoms with Crippen molar-refractivity contribution in [3.8, 4) is 17.2 Å². The third-order valence-electron chi connectivity index (χ3n) is 5.01. The molecule has 0 bridgehead atoms. The molecule has 0 saturated heterocycles. The summed E-state index contributed by atoms with van der Waals surface area (Å²) in [6.07, 6.45) is 1.42. The molecule has 0 unspecified atom stereocenters. The number of amides is 1. The minimum Gasteiger partial charge on any atom is -0.494 e. The van der Waals surface area contributed by atoms with Crippen molar-refractivity contribution >= 4 is 55.4 Å². The van der Waals surface area contributed by atoms with Crippen LogP contribution in [0.4, 0.5) is 5.69 Å². The summed E-state index contributed by atoms with van der Waals surface area (Å²) >= 11 is 9.33. The van der Waals surface area contributed by atoms with Gasteiger partial charge in [-0.25, -0.2) is 13.8 Å². The minimum atomic E-state index is -4.10. The molecule has 3 aromatic rings. The maximum atomic E-state index is 13.4. The molecule has 1 N–H and O–H groups in total. The smallest absolute Gasteiger partial charge is 0.264 e. The molecular weight excluding hydrogens is 574 g/mol. The van der Waals surface area contributed by atoms with Gasteiger partial charge in [-0.3, -0.25) is 9.10 Å². The number of anilines is 1. The molecule has 1 heterocycles. The number of rotatable bonds is 9. The van der Waals surface area contributed by atoms with E-state index in [1.165, 1.54) is 30.5 Å². The van der Waals surface area contributed by atoms with Crippen LogP contribution >= 0.6 is 27.5 Å². The summed E-state index contributed by atoms with van der Waals surface area (Å²) in [5.41, 5.74) is 3.30. The molecule has 3 aromatic carbocycles. The number of halogens is 2. The highest BCUT2D eigenvalue weighted by Crippen LogP contribution is 2.36. The number of fused-ring (bicyclic) bond motifs is 1. The highest BCUT2D eigenvalue weighted by molar-refractivity contribution is 9.10. The Morgan fingerprint density at radius 3 is 2.47 bits per heavy atom. The lowest BCUT2D eigenvalue weighted by molar-refractivity contribution is -0.119. The molecular formula is C24H21BrClN3O6S. The number of nitrogens with one attached hydrogen (secondary N) is 1. The third-order valence-corrected chi connectivity index (χ3v) is 7.74. The van der Waals surface area contributed by atoms with Crippen molar-refractivity contribution in [2.24, 2.45) is 5.10 Å². The number of hydrogen-bond acceptors (Lipinski definition) is 7. The second kappa shape index (κ2) is 11.2. The molecule has 1 aliphatic rings. The molecule has 4 rings (SSSR count). The lowest BCUT2D eigenvalue weighted by Crippen LogP contribution is -2.39. The Morgan fingerprint density at radius 2 is 1.81 bits per heavy atom. The SMILES string of the molecule is CCOc1ccc(N(CC(=O)N/N=C\c2cc3c(cc2Br)OCO3)S(=O)(=O)c2ccc(Cl)cc2)cc1. The van der Waals surface area contributed by atoms with Gasteiger partial charge in [0.05, 0.1) is 23.4 Å². The minimum absolute atomic E-state index is 0.0126. The van der Waals surface area contributed by atoms with Crippen LogP contribution in [0.1, 0.15) is 12.5 Å². The fourth-order valence-corrected chi connectivity index (χ4v) is 5.27. The van der Waals surface area contributed by atoms with Crippen LogP contribution in [0.15, 0.2) is 75.1 Å². The van der Waals surface area contributed by atoms with E-state index in [1.54, 1.807) is 36.4 Å². The summed E-state index contributed by atoms with van der Waals surface area (Å²) < 4.78 is 44.7. The van der Waals surface area contributed by atoms with Gasteiger partial charge in [0.15, 0.2) is 11.5 Å². The van der Waals surface area contributed by atoms with Crippen LogP contribution in [-0.4, -0.2) is 40.5 Å². The fourth-order valence-electron chi connectivity index (χ4n) is 3.30. The Balaban J connectivity index is 1.55. The van der Waals surface area contributed by atoms with Crippen LogP contribution in [0.5, 0.6) is 17.2 Å². The summed E-state index contributed by atoms with van der Waals surface area (Å²) in [5, 5.41) is 4.36. The van der Waals surface area contributed by atoms with Crippen LogP contribution in [0.25, 0.3) is 0 Å². The van der Waals surface area contributed by atoms with Crippen LogP contribution in [0.2, 0.25) is 5.02 Å². The first-order valence-corrected chi connectivity index (χ1v) is 13.3. The maximum absolute atomic E-state index is 13.4. The molecule has 188 valence electrons. The normalized spacial score (nSPS) is 12.5. The predicted molar refractivity (Wildman–Crippen MR) is 140 cm³/mol. The predicted octanol–water partition coefficient (Wildman–Crippen LogP) is 4.58. The molecule has 0 aromatic heterocycles. The van der Waals surface area contributed by atoms with Crippen molar-refractivity contribution in [3.05, 3.63) is 75.7 Å². The average Bonchev–Trinajstić information content (AvgIpc) is 3.31. The Labute approximate surface area is 221 Å². The largest absolute Gasteiger partial charge is 0.494 e. The lowest BCUT2D eigenvalue weighted by Gasteiger charge is -2.24. The van der Waals surface area contributed by atoms with Gasteiger partial charge in [-0.1, -0.05) is 11.6 Å².